The van der Waals surface area contributed by atoms with Gasteiger partial charge < -0.3 is 9.66 Å². The van der Waals surface area contributed by atoms with Crippen LogP contribution in [0.5, 0.6) is 0 Å². The third-order valence-corrected chi connectivity index (χ3v) is 6.04. The van der Waals surface area contributed by atoms with Crippen LogP contribution in [0.3, 0.4) is 0 Å². The Morgan fingerprint density at radius 2 is 0.889 bits per heavy atom. The van der Waals surface area contributed by atoms with E-state index in [1.54, 1.807) is 0 Å². The van der Waals surface area contributed by atoms with Crippen LogP contribution in [0.1, 0.15) is 129 Å². The van der Waals surface area contributed by atoms with Gasteiger partial charge in [0.1, 0.15) is 15.6 Å². The molecule has 0 bridgehead atoms. The summed E-state index contributed by atoms with van der Waals surface area (Å²) in [6.07, 6.45) is 23.0. The number of aliphatic hydroxyl groups is 1. The van der Waals surface area contributed by atoms with Crippen molar-refractivity contribution in [1.82, 2.24) is 0 Å². The third kappa shape index (κ3) is 23.7. The van der Waals surface area contributed by atoms with E-state index in [1.807, 2.05) is 0 Å². The zero-order valence-electron chi connectivity index (χ0n) is 18.1. The Kier molecular flexibility index (Phi) is 25.2. The van der Waals surface area contributed by atoms with E-state index in [4.69, 9.17) is 5.11 Å². The smallest absolute Gasteiger partial charge is 0.746 e. The Morgan fingerprint density at radius 3 is 1.15 bits per heavy atom. The Hall–Kier alpha value is 1.51. The molecule has 0 saturated heterocycles. The first-order chi connectivity index (χ1) is 12.5. The largest absolute Gasteiger partial charge is 1.00 e. The van der Waals surface area contributed by atoms with Gasteiger partial charge in [-0.25, -0.2) is 8.42 Å². The average Bonchev–Trinajstić information content (AvgIpc) is 2.59. The van der Waals surface area contributed by atoms with Crippen molar-refractivity contribution in [2.24, 2.45) is 0 Å². The van der Waals surface area contributed by atoms with Crippen molar-refractivity contribution in [3.05, 3.63) is 0 Å². The Labute approximate surface area is 211 Å². The molecular formula is C21H43KO4S. The number of hydrogen-bond donors (Lipinski definition) is 1. The minimum absolute atomic E-state index is 0. The van der Waals surface area contributed by atoms with E-state index in [2.05, 4.69) is 6.92 Å². The Bertz CT molecular complexity index is 388. The summed E-state index contributed by atoms with van der Waals surface area (Å²) in [6, 6.07) is 0. The molecule has 0 aliphatic rings. The van der Waals surface area contributed by atoms with E-state index in [0.717, 1.165) is 19.3 Å². The molecule has 0 heterocycles. The van der Waals surface area contributed by atoms with Crippen LogP contribution in [0, 0.1) is 0 Å². The molecule has 1 N–H and O–H groups in total. The zero-order chi connectivity index (χ0) is 19.5. The van der Waals surface area contributed by atoms with Crippen LogP contribution in [0.4, 0.5) is 0 Å². The number of aliphatic hydroxyl groups excluding tert-OH is 1. The summed E-state index contributed by atoms with van der Waals surface area (Å²) in [5.74, 6) is 0. The van der Waals surface area contributed by atoms with Crippen molar-refractivity contribution in [3.63, 3.8) is 0 Å². The number of unbranched alkanes of at least 4 members (excludes halogenated alkanes) is 17. The third-order valence-electron chi connectivity index (χ3n) is 5.14. The molecule has 0 saturated carbocycles. The first kappa shape index (κ1) is 30.7. The van der Waals surface area contributed by atoms with Gasteiger partial charge in [-0.15, -0.1) is 0 Å². The molecule has 0 aromatic rings. The van der Waals surface area contributed by atoms with Gasteiger partial charge in [-0.2, -0.15) is 0 Å². The standard InChI is InChI=1S/C21H44O4S.K/c1-2-3-4-5-6-7-8-9-10-11-12-13-14-15-16-17-18-19-20-21(22)26(23,24)25;/h21-22H,2-20H2,1H3,(H,23,24,25);/q;+1/p-1. The minimum atomic E-state index is -4.52. The van der Waals surface area contributed by atoms with E-state index in [-0.39, 0.29) is 57.8 Å². The molecule has 0 aliphatic carbocycles. The first-order valence-corrected chi connectivity index (χ1v) is 12.6. The van der Waals surface area contributed by atoms with Crippen molar-refractivity contribution >= 4 is 10.1 Å². The van der Waals surface area contributed by atoms with Crippen LogP contribution in [0.15, 0.2) is 0 Å². The maximum absolute atomic E-state index is 10.5. The van der Waals surface area contributed by atoms with E-state index in [0.29, 0.717) is 6.42 Å². The van der Waals surface area contributed by atoms with Gasteiger partial charge >= 0.3 is 51.4 Å². The van der Waals surface area contributed by atoms with Gasteiger partial charge in [0.2, 0.25) is 0 Å². The van der Waals surface area contributed by atoms with E-state index < -0.39 is 15.6 Å². The van der Waals surface area contributed by atoms with Gasteiger partial charge in [-0.05, 0) is 12.8 Å². The molecule has 0 amide bonds. The maximum atomic E-state index is 10.5. The fraction of sp³-hybridized carbons (Fsp3) is 1.00. The summed E-state index contributed by atoms with van der Waals surface area (Å²) in [4.78, 5) is 0. The Balaban J connectivity index is 0. The van der Waals surface area contributed by atoms with Crippen LogP contribution in [0.25, 0.3) is 0 Å². The second-order valence-electron chi connectivity index (χ2n) is 7.75. The molecule has 0 radical (unpaired) electrons. The molecule has 1 atom stereocenters. The van der Waals surface area contributed by atoms with Crippen molar-refractivity contribution < 1.29 is 69.5 Å². The van der Waals surface area contributed by atoms with Crippen LogP contribution in [0.2, 0.25) is 0 Å². The van der Waals surface area contributed by atoms with Gasteiger partial charge in [0.05, 0.1) is 0 Å². The molecule has 0 aliphatic heterocycles. The quantitative estimate of drug-likeness (QED) is 0.183. The molecule has 0 fully saturated rings. The van der Waals surface area contributed by atoms with Gasteiger partial charge in [-0.1, -0.05) is 116 Å². The number of hydrogen-bond acceptors (Lipinski definition) is 4. The summed E-state index contributed by atoms with van der Waals surface area (Å²) in [6.45, 7) is 2.27. The summed E-state index contributed by atoms with van der Waals surface area (Å²) in [5.41, 5.74) is -1.72. The molecule has 1 unspecified atom stereocenters. The molecular weight excluding hydrogens is 387 g/mol. The fourth-order valence-electron chi connectivity index (χ4n) is 3.36. The van der Waals surface area contributed by atoms with Crippen molar-refractivity contribution in [3.8, 4) is 0 Å². The normalized spacial score (nSPS) is 12.7. The molecule has 27 heavy (non-hydrogen) atoms. The van der Waals surface area contributed by atoms with Crippen molar-refractivity contribution in [2.75, 3.05) is 0 Å². The predicted molar refractivity (Wildman–Crippen MR) is 109 cm³/mol. The van der Waals surface area contributed by atoms with Crippen LogP contribution in [-0.4, -0.2) is 23.5 Å². The SMILES string of the molecule is CCCCCCCCCCCCCCCCCCCCC(O)S(=O)(=O)[O-].[K+]. The minimum Gasteiger partial charge on any atom is -0.746 e. The maximum Gasteiger partial charge on any atom is 1.00 e. The molecule has 0 rings (SSSR count). The average molecular weight is 431 g/mol. The molecule has 158 valence electrons. The van der Waals surface area contributed by atoms with Gasteiger partial charge in [0.15, 0.2) is 0 Å². The van der Waals surface area contributed by atoms with E-state index >= 15 is 0 Å². The summed E-state index contributed by atoms with van der Waals surface area (Å²) in [7, 11) is -4.52. The molecule has 0 spiro atoms. The monoisotopic (exact) mass is 430 g/mol. The first-order valence-electron chi connectivity index (χ1n) is 11.1. The van der Waals surface area contributed by atoms with E-state index in [9.17, 15) is 13.0 Å². The predicted octanol–water partition coefficient (Wildman–Crippen LogP) is 3.29. The van der Waals surface area contributed by atoms with Crippen LogP contribution >= 0.6 is 0 Å². The van der Waals surface area contributed by atoms with E-state index in [1.165, 1.54) is 89.9 Å². The molecule has 0 aromatic carbocycles. The topological polar surface area (TPSA) is 77.4 Å². The van der Waals surface area contributed by atoms with Crippen molar-refractivity contribution in [1.29, 1.82) is 0 Å². The fourth-order valence-corrected chi connectivity index (χ4v) is 3.82. The van der Waals surface area contributed by atoms with Crippen LogP contribution in [-0.2, 0) is 10.1 Å². The van der Waals surface area contributed by atoms with Crippen LogP contribution < -0.4 is 51.4 Å². The summed E-state index contributed by atoms with van der Waals surface area (Å²) >= 11 is 0. The molecule has 4 nitrogen and oxygen atoms in total. The molecule has 0 aromatic heterocycles. The summed E-state index contributed by atoms with van der Waals surface area (Å²) in [5, 5.41) is 9.12. The summed E-state index contributed by atoms with van der Waals surface area (Å²) < 4.78 is 31.6. The molecule has 6 heteroatoms. The second kappa shape index (κ2) is 22.2. The Morgan fingerprint density at radius 1 is 0.630 bits per heavy atom. The zero-order valence-corrected chi connectivity index (χ0v) is 22.0. The van der Waals surface area contributed by atoms with Gasteiger partial charge in [-0.3, -0.25) is 0 Å². The number of rotatable bonds is 20. The van der Waals surface area contributed by atoms with Crippen molar-refractivity contribution in [2.45, 2.75) is 134 Å². The van der Waals surface area contributed by atoms with Gasteiger partial charge in [0, 0.05) is 0 Å². The second-order valence-corrected chi connectivity index (χ2v) is 9.28. The van der Waals surface area contributed by atoms with Gasteiger partial charge in [0.25, 0.3) is 0 Å².